The molecule has 162 valence electrons. The van der Waals surface area contributed by atoms with Crippen molar-refractivity contribution in [2.75, 3.05) is 12.3 Å². The van der Waals surface area contributed by atoms with Crippen LogP contribution < -0.4 is 9.46 Å². The van der Waals surface area contributed by atoms with Crippen LogP contribution in [0.1, 0.15) is 58.4 Å². The zero-order valence-corrected chi connectivity index (χ0v) is 18.6. The summed E-state index contributed by atoms with van der Waals surface area (Å²) in [6.45, 7) is 7.64. The van der Waals surface area contributed by atoms with E-state index in [1.54, 1.807) is 0 Å². The second kappa shape index (κ2) is 9.87. The van der Waals surface area contributed by atoms with E-state index in [9.17, 15) is 21.6 Å². The van der Waals surface area contributed by atoms with Gasteiger partial charge in [0.05, 0.1) is 15.8 Å². The molecule has 1 heterocycles. The van der Waals surface area contributed by atoms with Gasteiger partial charge in [-0.2, -0.15) is 13.2 Å². The smallest absolute Gasteiger partial charge is 0.389 e. The molecule has 1 aromatic rings. The van der Waals surface area contributed by atoms with E-state index in [0.717, 1.165) is 17.7 Å². The summed E-state index contributed by atoms with van der Waals surface area (Å²) in [6, 6.07) is 3.73. The zero-order valence-electron chi connectivity index (χ0n) is 16.3. The van der Waals surface area contributed by atoms with Crippen LogP contribution in [0.25, 0.3) is 0 Å². The van der Waals surface area contributed by atoms with Crippen molar-refractivity contribution in [3.63, 3.8) is 0 Å². The third-order valence-electron chi connectivity index (χ3n) is 4.11. The molecule has 0 saturated heterocycles. The first-order chi connectivity index (χ1) is 12.7. The van der Waals surface area contributed by atoms with Crippen molar-refractivity contribution in [2.45, 2.75) is 64.7 Å². The van der Waals surface area contributed by atoms with Gasteiger partial charge in [0.25, 0.3) is 0 Å². The summed E-state index contributed by atoms with van der Waals surface area (Å²) in [5, 5.41) is 1.16. The van der Waals surface area contributed by atoms with Gasteiger partial charge in [-0.1, -0.05) is 30.1 Å². The Hall–Kier alpha value is -0.700. The van der Waals surface area contributed by atoms with E-state index in [4.69, 9.17) is 27.9 Å². The molecular weight excluding hydrogens is 438 g/mol. The van der Waals surface area contributed by atoms with Gasteiger partial charge in [-0.05, 0) is 51.2 Å². The van der Waals surface area contributed by atoms with Crippen LogP contribution in [0.3, 0.4) is 0 Å². The number of hydrogen-bond acceptors (Lipinski definition) is 3. The fourth-order valence-electron chi connectivity index (χ4n) is 2.82. The Balaban J connectivity index is 0.000000284. The third kappa shape index (κ3) is 8.76. The number of nitrogens with one attached hydrogen (secondary N) is 1. The maximum Gasteiger partial charge on any atom is 0.389 e. The first kappa shape index (κ1) is 25.3. The minimum atomic E-state index is -4.21. The van der Waals surface area contributed by atoms with Crippen molar-refractivity contribution >= 4 is 33.2 Å². The molecule has 0 saturated carbocycles. The molecule has 1 aliphatic rings. The Morgan fingerprint density at radius 2 is 1.82 bits per heavy atom. The van der Waals surface area contributed by atoms with Gasteiger partial charge >= 0.3 is 6.18 Å². The van der Waals surface area contributed by atoms with E-state index < -0.39 is 22.6 Å². The molecule has 1 aliphatic heterocycles. The maximum atomic E-state index is 11.6. The average Bonchev–Trinajstić information content (AvgIpc) is 2.53. The Morgan fingerprint density at radius 1 is 1.25 bits per heavy atom. The lowest BCUT2D eigenvalue weighted by Crippen LogP contribution is -2.34. The van der Waals surface area contributed by atoms with Gasteiger partial charge in [0.1, 0.15) is 11.4 Å². The summed E-state index contributed by atoms with van der Waals surface area (Å²) >= 11 is 12.0. The summed E-state index contributed by atoms with van der Waals surface area (Å²) in [7, 11) is -3.35. The molecule has 1 aromatic carbocycles. The molecule has 0 bridgehead atoms. The molecule has 0 spiro atoms. The van der Waals surface area contributed by atoms with Crippen LogP contribution in [-0.4, -0.2) is 32.5 Å². The highest BCUT2D eigenvalue weighted by Gasteiger charge is 2.32. The van der Waals surface area contributed by atoms with Crippen LogP contribution in [0.2, 0.25) is 10.0 Å². The molecule has 28 heavy (non-hydrogen) atoms. The topological polar surface area (TPSA) is 55.4 Å². The van der Waals surface area contributed by atoms with Crippen LogP contribution in [0.4, 0.5) is 13.2 Å². The average molecular weight is 464 g/mol. The second-order valence-corrected chi connectivity index (χ2v) is 10.2. The Labute approximate surface area is 174 Å². The molecule has 0 radical (unpaired) electrons. The normalized spacial score (nSPS) is 18.5. The van der Waals surface area contributed by atoms with Gasteiger partial charge in [0.15, 0.2) is 0 Å². The maximum absolute atomic E-state index is 11.6. The summed E-state index contributed by atoms with van der Waals surface area (Å²) in [4.78, 5) is 0. The molecule has 2 rings (SSSR count). The number of fused-ring (bicyclic) bond motifs is 1. The Bertz CT molecular complexity index is 768. The molecule has 0 amide bonds. The second-order valence-electron chi connectivity index (χ2n) is 7.29. The monoisotopic (exact) mass is 463 g/mol. The van der Waals surface area contributed by atoms with E-state index in [2.05, 4.69) is 25.5 Å². The number of hydrogen-bond donors (Lipinski definition) is 1. The molecule has 1 atom stereocenters. The van der Waals surface area contributed by atoms with Gasteiger partial charge in [0.2, 0.25) is 10.0 Å². The van der Waals surface area contributed by atoms with Crippen molar-refractivity contribution in [3.8, 4) is 5.75 Å². The number of alkyl halides is 3. The van der Waals surface area contributed by atoms with Gasteiger partial charge in [-0.3, -0.25) is 0 Å². The summed E-state index contributed by atoms with van der Waals surface area (Å²) in [5.41, 5.74) is 1.03. The number of halogens is 5. The fraction of sp³-hybridized carbons (Fsp3) is 0.667. The van der Waals surface area contributed by atoms with Gasteiger partial charge in [-0.25, -0.2) is 13.1 Å². The lowest BCUT2D eigenvalue weighted by molar-refractivity contribution is -0.135. The number of benzene rings is 1. The van der Waals surface area contributed by atoms with Crippen molar-refractivity contribution in [1.82, 2.24) is 4.72 Å². The first-order valence-electron chi connectivity index (χ1n) is 8.88. The van der Waals surface area contributed by atoms with Gasteiger partial charge < -0.3 is 4.74 Å². The first-order valence-corrected chi connectivity index (χ1v) is 11.3. The van der Waals surface area contributed by atoms with Crippen molar-refractivity contribution in [1.29, 1.82) is 0 Å². The SMILES string of the molecule is CC1CC(C)(C)Oc2cc(Cl)c(Cl)cc21.CCS(=O)(=O)NCCCC(F)(F)F. The molecule has 0 fully saturated rings. The van der Waals surface area contributed by atoms with Crippen molar-refractivity contribution < 1.29 is 26.3 Å². The molecule has 1 unspecified atom stereocenters. The molecule has 0 aromatic heterocycles. The number of ether oxygens (including phenoxy) is 1. The van der Waals surface area contributed by atoms with E-state index in [-0.39, 0.29) is 24.3 Å². The van der Waals surface area contributed by atoms with Crippen LogP contribution in [-0.2, 0) is 10.0 Å². The van der Waals surface area contributed by atoms with Crippen LogP contribution in [0, 0.1) is 0 Å². The standard InChI is InChI=1S/C12H14Cl2O.C6H12F3NO2S/c1-7-6-12(2,3)15-11-5-10(14)9(13)4-8(7)11;1-2-13(11,12)10-5-3-4-6(7,8)9/h4-5,7H,6H2,1-3H3;10H,2-5H2,1H3. The van der Waals surface area contributed by atoms with E-state index in [1.165, 1.54) is 6.92 Å². The van der Waals surface area contributed by atoms with Crippen molar-refractivity contribution in [2.24, 2.45) is 0 Å². The van der Waals surface area contributed by atoms with E-state index >= 15 is 0 Å². The fourth-order valence-corrected chi connectivity index (χ4v) is 3.81. The molecule has 1 N–H and O–H groups in total. The lowest BCUT2D eigenvalue weighted by Gasteiger charge is -2.36. The zero-order chi connectivity index (χ0) is 21.8. The molecule has 4 nitrogen and oxygen atoms in total. The van der Waals surface area contributed by atoms with Crippen LogP contribution >= 0.6 is 23.2 Å². The highest BCUT2D eigenvalue weighted by molar-refractivity contribution is 7.89. The Kier molecular flexibility index (Phi) is 8.93. The summed E-state index contributed by atoms with van der Waals surface area (Å²) in [5.74, 6) is 1.21. The highest BCUT2D eigenvalue weighted by Crippen LogP contribution is 2.43. The largest absolute Gasteiger partial charge is 0.487 e. The highest BCUT2D eigenvalue weighted by atomic mass is 35.5. The number of rotatable bonds is 5. The van der Waals surface area contributed by atoms with Gasteiger partial charge in [-0.15, -0.1) is 0 Å². The summed E-state index contributed by atoms with van der Waals surface area (Å²) in [6.07, 6.45) is -4.39. The third-order valence-corrected chi connectivity index (χ3v) is 6.23. The van der Waals surface area contributed by atoms with E-state index in [0.29, 0.717) is 16.0 Å². The van der Waals surface area contributed by atoms with Gasteiger partial charge in [0, 0.05) is 19.0 Å². The predicted octanol–water partition coefficient (Wildman–Crippen LogP) is 5.93. The van der Waals surface area contributed by atoms with Crippen LogP contribution in [0.15, 0.2) is 12.1 Å². The lowest BCUT2D eigenvalue weighted by atomic mass is 9.86. The Morgan fingerprint density at radius 3 is 2.36 bits per heavy atom. The van der Waals surface area contributed by atoms with Crippen molar-refractivity contribution in [3.05, 3.63) is 27.7 Å². The quantitative estimate of drug-likeness (QED) is 0.550. The molecule has 0 aliphatic carbocycles. The number of sulfonamides is 1. The molecular formula is C18H26Cl2F3NO3S. The molecule has 10 heteroatoms. The van der Waals surface area contributed by atoms with E-state index in [1.807, 2.05) is 12.1 Å². The van der Waals surface area contributed by atoms with Crippen LogP contribution in [0.5, 0.6) is 5.75 Å². The minimum absolute atomic E-state index is 0.112. The summed E-state index contributed by atoms with van der Waals surface area (Å²) < 4.78 is 64.1. The predicted molar refractivity (Wildman–Crippen MR) is 107 cm³/mol. The minimum Gasteiger partial charge on any atom is -0.487 e.